The summed E-state index contributed by atoms with van der Waals surface area (Å²) in [6.45, 7) is 2.63. The molecule has 28 heavy (non-hydrogen) atoms. The number of amides is 2. The van der Waals surface area contributed by atoms with Gasteiger partial charge in [-0.25, -0.2) is 4.39 Å². The van der Waals surface area contributed by atoms with E-state index in [4.69, 9.17) is 0 Å². The number of rotatable bonds is 6. The second-order valence-corrected chi connectivity index (χ2v) is 8.74. The van der Waals surface area contributed by atoms with Gasteiger partial charge >= 0.3 is 0 Å². The number of carbonyl (C=O) groups is 2. The molecule has 5 nitrogen and oxygen atoms in total. The number of hydrogen-bond acceptors (Lipinski definition) is 5. The molecule has 1 aliphatic heterocycles. The molecule has 146 valence electrons. The first-order valence-electron chi connectivity index (χ1n) is 8.96. The molecule has 0 saturated carbocycles. The predicted molar refractivity (Wildman–Crippen MR) is 109 cm³/mol. The van der Waals surface area contributed by atoms with Crippen molar-refractivity contribution in [3.63, 3.8) is 0 Å². The zero-order chi connectivity index (χ0) is 20.1. The van der Waals surface area contributed by atoms with Gasteiger partial charge in [-0.2, -0.15) is 5.26 Å². The monoisotopic (exact) mass is 417 g/mol. The van der Waals surface area contributed by atoms with Gasteiger partial charge in [0.15, 0.2) is 0 Å². The summed E-state index contributed by atoms with van der Waals surface area (Å²) < 4.78 is 12.9. The largest absolute Gasteiger partial charge is 0.337 e. The van der Waals surface area contributed by atoms with Crippen molar-refractivity contribution in [3.8, 4) is 6.07 Å². The predicted octanol–water partition coefficient (Wildman–Crippen LogP) is 4.17. The van der Waals surface area contributed by atoms with E-state index < -0.39 is 0 Å². The van der Waals surface area contributed by atoms with Gasteiger partial charge in [0.2, 0.25) is 11.8 Å². The van der Waals surface area contributed by atoms with Gasteiger partial charge < -0.3 is 10.2 Å². The van der Waals surface area contributed by atoms with Crippen molar-refractivity contribution < 1.29 is 14.0 Å². The zero-order valence-corrected chi connectivity index (χ0v) is 17.1. The molecule has 0 unspecified atom stereocenters. The first kappa shape index (κ1) is 20.4. The topological polar surface area (TPSA) is 73.2 Å². The Bertz CT molecular complexity index is 919. The molecule has 0 spiro atoms. The van der Waals surface area contributed by atoms with Crippen LogP contribution in [0.2, 0.25) is 0 Å². The number of nitriles is 1. The minimum absolute atomic E-state index is 0.0156. The van der Waals surface area contributed by atoms with Crippen LogP contribution in [0.15, 0.2) is 29.2 Å². The smallest absolute Gasteiger partial charge is 0.225 e. The number of hydrogen-bond donors (Lipinski definition) is 1. The maximum absolute atomic E-state index is 12.9. The third kappa shape index (κ3) is 4.91. The number of thioether (sulfide) groups is 1. The molecule has 1 aromatic carbocycles. The average Bonchev–Trinajstić information content (AvgIpc) is 3.02. The van der Waals surface area contributed by atoms with E-state index in [0.717, 1.165) is 21.1 Å². The van der Waals surface area contributed by atoms with Crippen molar-refractivity contribution in [2.75, 3.05) is 17.6 Å². The molecular weight excluding hydrogens is 397 g/mol. The van der Waals surface area contributed by atoms with Gasteiger partial charge in [0.25, 0.3) is 0 Å². The third-order valence-electron chi connectivity index (χ3n) is 4.50. The number of benzene rings is 1. The summed E-state index contributed by atoms with van der Waals surface area (Å²) in [5, 5.41) is 12.9. The summed E-state index contributed by atoms with van der Waals surface area (Å²) in [5.74, 6) is 0.376. The molecule has 1 N–H and O–H groups in total. The van der Waals surface area contributed by atoms with E-state index in [2.05, 4.69) is 11.4 Å². The van der Waals surface area contributed by atoms with Gasteiger partial charge in [-0.05, 0) is 48.4 Å². The van der Waals surface area contributed by atoms with Crippen LogP contribution in [0.1, 0.15) is 35.8 Å². The summed E-state index contributed by atoms with van der Waals surface area (Å²) in [5.41, 5.74) is 1.48. The molecule has 1 aromatic heterocycles. The normalized spacial score (nSPS) is 13.0. The van der Waals surface area contributed by atoms with Crippen LogP contribution in [0.4, 0.5) is 9.39 Å². The maximum Gasteiger partial charge on any atom is 0.225 e. The Hall–Kier alpha value is -2.37. The SMILES string of the molecule is CC(=O)N1CCc2c(sc(NC(=O)CCCSc3ccc(F)cc3)c2C#N)C1. The van der Waals surface area contributed by atoms with E-state index in [-0.39, 0.29) is 17.6 Å². The molecule has 2 aromatic rings. The highest BCUT2D eigenvalue weighted by Crippen LogP contribution is 2.36. The van der Waals surface area contributed by atoms with Crippen LogP contribution in [-0.2, 0) is 22.6 Å². The Balaban J connectivity index is 1.53. The molecule has 0 radical (unpaired) electrons. The molecule has 0 aliphatic carbocycles. The highest BCUT2D eigenvalue weighted by Gasteiger charge is 2.26. The number of halogens is 1. The van der Waals surface area contributed by atoms with Crippen LogP contribution in [0.25, 0.3) is 0 Å². The van der Waals surface area contributed by atoms with Crippen molar-refractivity contribution in [2.24, 2.45) is 0 Å². The lowest BCUT2D eigenvalue weighted by Gasteiger charge is -2.25. The van der Waals surface area contributed by atoms with Gasteiger partial charge in [0.1, 0.15) is 16.9 Å². The maximum atomic E-state index is 12.9. The molecule has 0 atom stereocenters. The average molecular weight is 418 g/mol. The fourth-order valence-corrected chi connectivity index (χ4v) is 5.10. The first-order valence-corrected chi connectivity index (χ1v) is 10.8. The summed E-state index contributed by atoms with van der Waals surface area (Å²) in [6.07, 6.45) is 1.67. The van der Waals surface area contributed by atoms with Crippen molar-refractivity contribution in [1.82, 2.24) is 4.90 Å². The second-order valence-electron chi connectivity index (χ2n) is 6.46. The fourth-order valence-electron chi connectivity index (χ4n) is 3.02. The molecular formula is C20H20FN3O2S2. The summed E-state index contributed by atoms with van der Waals surface area (Å²) >= 11 is 2.96. The van der Waals surface area contributed by atoms with Crippen molar-refractivity contribution >= 4 is 39.9 Å². The van der Waals surface area contributed by atoms with E-state index in [1.807, 2.05) is 0 Å². The van der Waals surface area contributed by atoms with Gasteiger partial charge in [-0.1, -0.05) is 0 Å². The zero-order valence-electron chi connectivity index (χ0n) is 15.5. The molecule has 0 fully saturated rings. The quantitative estimate of drug-likeness (QED) is 0.565. The van der Waals surface area contributed by atoms with E-state index in [1.54, 1.807) is 28.8 Å². The lowest BCUT2D eigenvalue weighted by Crippen LogP contribution is -2.33. The number of thiophene rings is 1. The van der Waals surface area contributed by atoms with Gasteiger partial charge in [-0.3, -0.25) is 9.59 Å². The lowest BCUT2D eigenvalue weighted by molar-refractivity contribution is -0.129. The summed E-state index contributed by atoms with van der Waals surface area (Å²) in [6, 6.07) is 8.49. The van der Waals surface area contributed by atoms with E-state index in [9.17, 15) is 19.2 Å². The Morgan fingerprint density at radius 3 is 2.79 bits per heavy atom. The number of anilines is 1. The van der Waals surface area contributed by atoms with Crippen LogP contribution >= 0.6 is 23.1 Å². The molecule has 0 bridgehead atoms. The lowest BCUT2D eigenvalue weighted by atomic mass is 10.0. The van der Waals surface area contributed by atoms with E-state index >= 15 is 0 Å². The van der Waals surface area contributed by atoms with Crippen LogP contribution in [0.3, 0.4) is 0 Å². The number of carbonyl (C=O) groups excluding carboxylic acids is 2. The molecule has 1 aliphatic rings. The molecule has 8 heteroatoms. The van der Waals surface area contributed by atoms with Gasteiger partial charge in [0, 0.05) is 29.7 Å². The van der Waals surface area contributed by atoms with Gasteiger partial charge in [-0.15, -0.1) is 23.1 Å². The summed E-state index contributed by atoms with van der Waals surface area (Å²) in [4.78, 5) is 27.6. The molecule has 3 rings (SSSR count). The second kappa shape index (κ2) is 9.22. The third-order valence-corrected chi connectivity index (χ3v) is 6.73. The summed E-state index contributed by atoms with van der Waals surface area (Å²) in [7, 11) is 0. The van der Waals surface area contributed by atoms with Crippen molar-refractivity contribution in [1.29, 1.82) is 5.26 Å². The standard InChI is InChI=1S/C20H20FN3O2S2/c1-13(25)24-9-8-16-17(11-22)20(28-18(16)12-24)23-19(26)3-2-10-27-15-6-4-14(21)5-7-15/h4-7H,2-3,8-10,12H2,1H3,(H,23,26). The Morgan fingerprint density at radius 2 is 2.11 bits per heavy atom. The number of nitrogens with one attached hydrogen (secondary N) is 1. The molecule has 2 heterocycles. The Morgan fingerprint density at radius 1 is 1.36 bits per heavy atom. The number of nitrogens with zero attached hydrogens (tertiary/aromatic N) is 2. The Kier molecular flexibility index (Phi) is 6.70. The van der Waals surface area contributed by atoms with Crippen molar-refractivity contribution in [3.05, 3.63) is 46.1 Å². The van der Waals surface area contributed by atoms with E-state index in [0.29, 0.717) is 42.9 Å². The molecule has 2 amide bonds. The highest BCUT2D eigenvalue weighted by atomic mass is 32.2. The van der Waals surface area contributed by atoms with Crippen LogP contribution < -0.4 is 5.32 Å². The number of fused-ring (bicyclic) bond motifs is 1. The highest BCUT2D eigenvalue weighted by molar-refractivity contribution is 7.99. The molecule has 0 saturated heterocycles. The fraction of sp³-hybridized carbons (Fsp3) is 0.350. The van der Waals surface area contributed by atoms with Crippen LogP contribution in [0, 0.1) is 17.1 Å². The Labute approximate surface area is 171 Å². The van der Waals surface area contributed by atoms with Crippen molar-refractivity contribution in [2.45, 2.75) is 37.6 Å². The first-order chi connectivity index (χ1) is 13.5. The minimum Gasteiger partial charge on any atom is -0.337 e. The minimum atomic E-state index is -0.262. The van der Waals surface area contributed by atoms with E-state index in [1.165, 1.54) is 30.4 Å². The van der Waals surface area contributed by atoms with Crippen LogP contribution in [0.5, 0.6) is 0 Å². The van der Waals surface area contributed by atoms with Crippen LogP contribution in [-0.4, -0.2) is 29.0 Å². The van der Waals surface area contributed by atoms with Gasteiger partial charge in [0.05, 0.1) is 12.1 Å².